The lowest BCUT2D eigenvalue weighted by Crippen LogP contribution is -2.43. The molecular weight excluding hydrogens is 352 g/mol. The summed E-state index contributed by atoms with van der Waals surface area (Å²) in [6, 6.07) is 2.91. The van der Waals surface area contributed by atoms with Crippen LogP contribution in [0, 0.1) is 25.2 Å². The molecule has 1 aromatic heterocycles. The summed E-state index contributed by atoms with van der Waals surface area (Å²) in [4.78, 5) is 35.1. The lowest BCUT2D eigenvalue weighted by molar-refractivity contribution is -0.150. The van der Waals surface area contributed by atoms with E-state index in [9.17, 15) is 19.6 Å². The summed E-state index contributed by atoms with van der Waals surface area (Å²) in [6.07, 6.45) is 0.179. The van der Waals surface area contributed by atoms with E-state index in [1.807, 2.05) is 29.8 Å². The van der Waals surface area contributed by atoms with Gasteiger partial charge in [0, 0.05) is 32.1 Å². The highest BCUT2D eigenvalue weighted by Gasteiger charge is 2.22. The van der Waals surface area contributed by atoms with Gasteiger partial charge in [-0.3, -0.25) is 10.1 Å². The number of nitriles is 1. The Hall–Kier alpha value is -3.12. The maximum atomic E-state index is 12.2. The number of methoxy groups -OCH3 is 1. The largest absolute Gasteiger partial charge is 0.448 e. The number of urea groups is 1. The molecule has 1 rings (SSSR count). The van der Waals surface area contributed by atoms with Crippen molar-refractivity contribution in [2.75, 3.05) is 20.8 Å². The van der Waals surface area contributed by atoms with Crippen molar-refractivity contribution in [1.82, 2.24) is 15.2 Å². The van der Waals surface area contributed by atoms with Crippen molar-refractivity contribution in [2.45, 2.75) is 33.4 Å². The minimum atomic E-state index is -1.24. The van der Waals surface area contributed by atoms with Crippen LogP contribution in [0.25, 0.3) is 6.08 Å². The average Bonchev–Trinajstić information content (AvgIpc) is 2.90. The van der Waals surface area contributed by atoms with Gasteiger partial charge in [0.25, 0.3) is 5.91 Å². The molecule has 9 heteroatoms. The third kappa shape index (κ3) is 5.97. The van der Waals surface area contributed by atoms with Crippen LogP contribution >= 0.6 is 0 Å². The van der Waals surface area contributed by atoms with Gasteiger partial charge in [0.15, 0.2) is 6.10 Å². The Balaban J connectivity index is 2.94. The Morgan fingerprint density at radius 1 is 1.37 bits per heavy atom. The number of carbonyl (C=O) groups excluding carboxylic acids is 3. The van der Waals surface area contributed by atoms with Crippen molar-refractivity contribution < 1.29 is 23.9 Å². The number of aromatic nitrogens is 1. The lowest BCUT2D eigenvalue weighted by Gasteiger charge is -2.12. The number of imide groups is 1. The fourth-order valence-electron chi connectivity index (χ4n) is 2.35. The second-order valence-electron chi connectivity index (χ2n) is 5.76. The van der Waals surface area contributed by atoms with Gasteiger partial charge in [0.05, 0.1) is 6.61 Å². The van der Waals surface area contributed by atoms with E-state index in [4.69, 9.17) is 9.47 Å². The van der Waals surface area contributed by atoms with Crippen molar-refractivity contribution in [2.24, 2.45) is 0 Å². The summed E-state index contributed by atoms with van der Waals surface area (Å²) in [5.41, 5.74) is 2.27. The van der Waals surface area contributed by atoms with E-state index < -0.39 is 24.0 Å². The second kappa shape index (κ2) is 10.1. The monoisotopic (exact) mass is 376 g/mol. The Morgan fingerprint density at radius 3 is 2.59 bits per heavy atom. The third-order valence-corrected chi connectivity index (χ3v) is 3.89. The van der Waals surface area contributed by atoms with Crippen LogP contribution in [0.3, 0.4) is 0 Å². The Morgan fingerprint density at radius 2 is 2.04 bits per heavy atom. The highest BCUT2D eigenvalue weighted by atomic mass is 16.5. The molecule has 0 aromatic carbocycles. The maximum Gasteiger partial charge on any atom is 0.349 e. The third-order valence-electron chi connectivity index (χ3n) is 3.89. The van der Waals surface area contributed by atoms with Gasteiger partial charge in [-0.05, 0) is 38.5 Å². The zero-order chi connectivity index (χ0) is 20.6. The summed E-state index contributed by atoms with van der Waals surface area (Å²) in [6.45, 7) is 6.27. The van der Waals surface area contributed by atoms with E-state index in [-0.39, 0.29) is 5.57 Å². The topological polar surface area (TPSA) is 122 Å². The van der Waals surface area contributed by atoms with Gasteiger partial charge in [-0.15, -0.1) is 0 Å². The van der Waals surface area contributed by atoms with Crippen LogP contribution in [0.15, 0.2) is 11.6 Å². The fraction of sp³-hybridized carbons (Fsp3) is 0.444. The maximum absolute atomic E-state index is 12.2. The predicted octanol–water partition coefficient (Wildman–Crippen LogP) is 1.05. The first-order chi connectivity index (χ1) is 12.7. The summed E-state index contributed by atoms with van der Waals surface area (Å²) >= 11 is 0. The molecule has 1 atom stereocenters. The zero-order valence-electron chi connectivity index (χ0n) is 16.1. The lowest BCUT2D eigenvalue weighted by atomic mass is 10.1. The number of carbonyl (C=O) groups is 3. The molecule has 0 radical (unpaired) electrons. The standard InChI is InChI=1S/C18H24N4O5/c1-11-8-14(12(2)22(11)6-7-26-5)9-15(10-19)17(24)27-13(3)16(23)21-18(25)20-4/h8-9,13H,6-7H2,1-5H3,(H2,20,21,23,25)/b15-9+. The number of rotatable bonds is 7. The van der Waals surface area contributed by atoms with E-state index in [1.165, 1.54) is 20.0 Å². The van der Waals surface area contributed by atoms with E-state index in [0.717, 1.165) is 11.4 Å². The van der Waals surface area contributed by atoms with Gasteiger partial charge in [-0.1, -0.05) is 0 Å². The molecule has 0 spiro atoms. The first-order valence-electron chi connectivity index (χ1n) is 8.26. The van der Waals surface area contributed by atoms with Crippen molar-refractivity contribution >= 4 is 24.0 Å². The molecule has 0 aliphatic heterocycles. The quantitative estimate of drug-likeness (QED) is 0.417. The van der Waals surface area contributed by atoms with Crippen LogP contribution in [0.5, 0.6) is 0 Å². The molecule has 146 valence electrons. The van der Waals surface area contributed by atoms with Gasteiger partial charge in [0.2, 0.25) is 0 Å². The number of amides is 3. The number of hydrogen-bond donors (Lipinski definition) is 2. The van der Waals surface area contributed by atoms with Crippen molar-refractivity contribution in [1.29, 1.82) is 5.26 Å². The highest BCUT2D eigenvalue weighted by molar-refractivity contribution is 6.01. The van der Waals surface area contributed by atoms with Gasteiger partial charge in [-0.2, -0.15) is 5.26 Å². The molecule has 0 aliphatic carbocycles. The molecule has 9 nitrogen and oxygen atoms in total. The number of ether oxygens (including phenoxy) is 2. The first-order valence-corrected chi connectivity index (χ1v) is 8.26. The molecule has 3 amide bonds. The molecule has 2 N–H and O–H groups in total. The van der Waals surface area contributed by atoms with Crippen molar-refractivity contribution in [3.63, 3.8) is 0 Å². The van der Waals surface area contributed by atoms with Crippen LogP contribution in [-0.2, 0) is 25.6 Å². The number of aryl methyl sites for hydroxylation is 1. The van der Waals surface area contributed by atoms with Gasteiger partial charge < -0.3 is 19.4 Å². The minimum absolute atomic E-state index is 0.249. The SMILES string of the molecule is CNC(=O)NC(=O)C(C)OC(=O)/C(C#N)=C/c1cc(C)n(CCOC)c1C. The summed E-state index contributed by atoms with van der Waals surface area (Å²) in [5.74, 6) is -1.74. The molecule has 1 unspecified atom stereocenters. The molecule has 0 aliphatic rings. The van der Waals surface area contributed by atoms with Crippen LogP contribution in [0.1, 0.15) is 23.9 Å². The van der Waals surface area contributed by atoms with E-state index in [2.05, 4.69) is 5.32 Å². The average molecular weight is 376 g/mol. The minimum Gasteiger partial charge on any atom is -0.448 e. The molecular formula is C18H24N4O5. The Kier molecular flexibility index (Phi) is 8.23. The predicted molar refractivity (Wildman–Crippen MR) is 97.5 cm³/mol. The van der Waals surface area contributed by atoms with Crippen LogP contribution in [-0.4, -0.2) is 49.3 Å². The number of esters is 1. The Labute approximate surface area is 157 Å². The van der Waals surface area contributed by atoms with E-state index in [1.54, 1.807) is 13.2 Å². The number of nitrogens with zero attached hydrogens (tertiary/aromatic N) is 2. The van der Waals surface area contributed by atoms with Crippen LogP contribution in [0.4, 0.5) is 4.79 Å². The van der Waals surface area contributed by atoms with E-state index in [0.29, 0.717) is 18.7 Å². The van der Waals surface area contributed by atoms with Crippen LogP contribution in [0.2, 0.25) is 0 Å². The molecule has 0 fully saturated rings. The molecule has 0 saturated carbocycles. The fourth-order valence-corrected chi connectivity index (χ4v) is 2.35. The van der Waals surface area contributed by atoms with Crippen LogP contribution < -0.4 is 10.6 Å². The molecule has 1 aromatic rings. The van der Waals surface area contributed by atoms with Crippen molar-refractivity contribution in [3.8, 4) is 6.07 Å². The second-order valence-corrected chi connectivity index (χ2v) is 5.76. The molecule has 1 heterocycles. The summed E-state index contributed by atoms with van der Waals surface area (Å²) < 4.78 is 12.1. The van der Waals surface area contributed by atoms with Gasteiger partial charge in [0.1, 0.15) is 11.6 Å². The number of hydrogen-bond acceptors (Lipinski definition) is 6. The molecule has 0 bridgehead atoms. The Bertz CT molecular complexity index is 788. The highest BCUT2D eigenvalue weighted by Crippen LogP contribution is 2.19. The zero-order valence-corrected chi connectivity index (χ0v) is 16.1. The summed E-state index contributed by atoms with van der Waals surface area (Å²) in [5, 5.41) is 13.5. The first kappa shape index (κ1) is 21.9. The normalized spacial score (nSPS) is 12.1. The summed E-state index contributed by atoms with van der Waals surface area (Å²) in [7, 11) is 2.96. The van der Waals surface area contributed by atoms with Crippen molar-refractivity contribution in [3.05, 3.63) is 28.6 Å². The molecule has 27 heavy (non-hydrogen) atoms. The smallest absolute Gasteiger partial charge is 0.349 e. The van der Waals surface area contributed by atoms with E-state index >= 15 is 0 Å². The molecule has 0 saturated heterocycles. The number of nitrogens with one attached hydrogen (secondary N) is 2. The van der Waals surface area contributed by atoms with Gasteiger partial charge >= 0.3 is 12.0 Å². The van der Waals surface area contributed by atoms with Gasteiger partial charge in [-0.25, -0.2) is 9.59 Å².